The molecule has 0 aliphatic carbocycles. The fourth-order valence-corrected chi connectivity index (χ4v) is 2.96. The Balaban J connectivity index is 1.57. The van der Waals surface area contributed by atoms with Crippen LogP contribution in [0.4, 0.5) is 11.4 Å². The highest BCUT2D eigenvalue weighted by molar-refractivity contribution is 6.04. The van der Waals surface area contributed by atoms with E-state index in [-0.39, 0.29) is 5.91 Å². The van der Waals surface area contributed by atoms with E-state index in [1.54, 1.807) is 50.9 Å². The molecule has 1 fully saturated rings. The van der Waals surface area contributed by atoms with E-state index in [1.165, 1.54) is 0 Å². The normalized spacial score (nSPS) is 14.4. The Bertz CT molecular complexity index is 794. The average Bonchev–Trinajstić information content (AvgIpc) is 2.74. The number of pyridine rings is 1. The minimum Gasteiger partial charge on any atom is -0.493 e. The molecule has 3 rings (SSSR count). The zero-order valence-corrected chi connectivity index (χ0v) is 16.2. The van der Waals surface area contributed by atoms with E-state index >= 15 is 0 Å². The summed E-state index contributed by atoms with van der Waals surface area (Å²) in [5.41, 5.74) is 1.91. The van der Waals surface area contributed by atoms with Gasteiger partial charge in [0.1, 0.15) is 0 Å². The molecule has 0 spiro atoms. The molecular formula is C20H26N4O4. The van der Waals surface area contributed by atoms with Crippen molar-refractivity contribution in [2.24, 2.45) is 0 Å². The topological polar surface area (TPSA) is 85.0 Å². The van der Waals surface area contributed by atoms with Crippen molar-refractivity contribution < 1.29 is 19.0 Å². The van der Waals surface area contributed by atoms with Gasteiger partial charge in [-0.2, -0.15) is 0 Å². The predicted octanol–water partition coefficient (Wildman–Crippen LogP) is 2.10. The van der Waals surface area contributed by atoms with Crippen molar-refractivity contribution in [2.75, 3.05) is 64.2 Å². The van der Waals surface area contributed by atoms with Crippen molar-refractivity contribution in [3.05, 3.63) is 42.2 Å². The fourth-order valence-electron chi connectivity index (χ4n) is 2.96. The number of hydrogen-bond acceptors (Lipinski definition) is 7. The van der Waals surface area contributed by atoms with E-state index < -0.39 is 0 Å². The van der Waals surface area contributed by atoms with Gasteiger partial charge in [-0.15, -0.1) is 0 Å². The number of ether oxygens (including phenoxy) is 3. The van der Waals surface area contributed by atoms with Gasteiger partial charge in [0.2, 0.25) is 0 Å². The first-order chi connectivity index (χ1) is 13.7. The van der Waals surface area contributed by atoms with E-state index in [0.29, 0.717) is 22.7 Å². The number of carbonyl (C=O) groups is 1. The Morgan fingerprint density at radius 3 is 2.64 bits per heavy atom. The standard InChI is InChI=1S/C20H26N4O4/c1-26-18-4-3-16(12-19(18)27-2)23-20(25)15-11-17(14-21-13-15)22-5-6-24-7-9-28-10-8-24/h3-4,11-14,22H,5-10H2,1-2H3,(H,23,25). The van der Waals surface area contributed by atoms with Crippen LogP contribution in [0.1, 0.15) is 10.4 Å². The number of aromatic nitrogens is 1. The van der Waals surface area contributed by atoms with Crippen LogP contribution in [0.15, 0.2) is 36.7 Å². The van der Waals surface area contributed by atoms with Gasteiger partial charge in [0.05, 0.1) is 38.7 Å². The Hall–Kier alpha value is -2.84. The highest BCUT2D eigenvalue weighted by atomic mass is 16.5. The van der Waals surface area contributed by atoms with E-state index in [9.17, 15) is 4.79 Å². The van der Waals surface area contributed by atoms with Crippen LogP contribution in [0.5, 0.6) is 11.5 Å². The van der Waals surface area contributed by atoms with Crippen LogP contribution < -0.4 is 20.1 Å². The molecule has 1 aliphatic rings. The number of methoxy groups -OCH3 is 2. The van der Waals surface area contributed by atoms with Crippen molar-refractivity contribution in [2.45, 2.75) is 0 Å². The lowest BCUT2D eigenvalue weighted by molar-refractivity contribution is 0.0398. The highest BCUT2D eigenvalue weighted by Crippen LogP contribution is 2.29. The Morgan fingerprint density at radius 2 is 1.89 bits per heavy atom. The van der Waals surface area contributed by atoms with Gasteiger partial charge in [0.15, 0.2) is 11.5 Å². The second-order valence-corrected chi connectivity index (χ2v) is 6.37. The van der Waals surface area contributed by atoms with Crippen LogP contribution in [0, 0.1) is 0 Å². The molecule has 0 saturated carbocycles. The molecule has 8 nitrogen and oxygen atoms in total. The molecule has 150 valence electrons. The number of hydrogen-bond donors (Lipinski definition) is 2. The average molecular weight is 386 g/mol. The third-order valence-electron chi connectivity index (χ3n) is 4.50. The lowest BCUT2D eigenvalue weighted by Gasteiger charge is -2.26. The summed E-state index contributed by atoms with van der Waals surface area (Å²) in [5.74, 6) is 0.919. The molecule has 0 radical (unpaired) electrons. The second kappa shape index (κ2) is 9.91. The van der Waals surface area contributed by atoms with Crippen molar-refractivity contribution >= 4 is 17.3 Å². The molecule has 0 unspecified atom stereocenters. The zero-order valence-electron chi connectivity index (χ0n) is 16.2. The molecule has 1 amide bonds. The quantitative estimate of drug-likeness (QED) is 0.719. The summed E-state index contributed by atoms with van der Waals surface area (Å²) in [6.07, 6.45) is 3.26. The summed E-state index contributed by atoms with van der Waals surface area (Å²) < 4.78 is 15.8. The predicted molar refractivity (Wildman–Crippen MR) is 107 cm³/mol. The molecule has 2 aromatic rings. The second-order valence-electron chi connectivity index (χ2n) is 6.37. The first-order valence-corrected chi connectivity index (χ1v) is 9.22. The van der Waals surface area contributed by atoms with E-state index in [2.05, 4.69) is 20.5 Å². The van der Waals surface area contributed by atoms with Gasteiger partial charge in [0.25, 0.3) is 5.91 Å². The Kier molecular flexibility index (Phi) is 7.05. The van der Waals surface area contributed by atoms with E-state index in [1.807, 2.05) is 0 Å². The number of benzene rings is 1. The van der Waals surface area contributed by atoms with Gasteiger partial charge >= 0.3 is 0 Å². The van der Waals surface area contributed by atoms with Gasteiger partial charge in [-0.05, 0) is 18.2 Å². The van der Waals surface area contributed by atoms with Gasteiger partial charge in [-0.3, -0.25) is 14.7 Å². The van der Waals surface area contributed by atoms with Crippen LogP contribution >= 0.6 is 0 Å². The molecular weight excluding hydrogens is 360 g/mol. The Labute approximate surface area is 164 Å². The van der Waals surface area contributed by atoms with E-state index in [4.69, 9.17) is 14.2 Å². The van der Waals surface area contributed by atoms with Crippen molar-refractivity contribution in [1.82, 2.24) is 9.88 Å². The number of morpholine rings is 1. The number of carbonyl (C=O) groups excluding carboxylic acids is 1. The van der Waals surface area contributed by atoms with Crippen LogP contribution in [0.25, 0.3) is 0 Å². The van der Waals surface area contributed by atoms with Gasteiger partial charge in [-0.25, -0.2) is 0 Å². The number of nitrogens with one attached hydrogen (secondary N) is 2. The minimum absolute atomic E-state index is 0.239. The smallest absolute Gasteiger partial charge is 0.257 e. The highest BCUT2D eigenvalue weighted by Gasteiger charge is 2.12. The minimum atomic E-state index is -0.239. The fraction of sp³-hybridized carbons (Fsp3) is 0.400. The summed E-state index contributed by atoms with van der Waals surface area (Å²) in [4.78, 5) is 19.1. The summed E-state index contributed by atoms with van der Waals surface area (Å²) in [6, 6.07) is 7.02. The van der Waals surface area contributed by atoms with Crippen LogP contribution in [-0.4, -0.2) is 69.4 Å². The molecule has 1 aliphatic heterocycles. The number of nitrogens with zero attached hydrogens (tertiary/aromatic N) is 2. The first kappa shape index (κ1) is 19.9. The third-order valence-corrected chi connectivity index (χ3v) is 4.50. The van der Waals surface area contributed by atoms with Crippen molar-refractivity contribution in [1.29, 1.82) is 0 Å². The maximum atomic E-state index is 12.6. The number of amides is 1. The molecule has 2 heterocycles. The van der Waals surface area contributed by atoms with Crippen molar-refractivity contribution in [3.63, 3.8) is 0 Å². The van der Waals surface area contributed by atoms with Crippen LogP contribution in [0.3, 0.4) is 0 Å². The lowest BCUT2D eigenvalue weighted by Crippen LogP contribution is -2.39. The molecule has 0 bridgehead atoms. The zero-order chi connectivity index (χ0) is 19.8. The van der Waals surface area contributed by atoms with Crippen molar-refractivity contribution in [3.8, 4) is 11.5 Å². The largest absolute Gasteiger partial charge is 0.493 e. The van der Waals surface area contributed by atoms with Gasteiger partial charge < -0.3 is 24.8 Å². The number of rotatable bonds is 8. The summed E-state index contributed by atoms with van der Waals surface area (Å²) in [6.45, 7) is 5.18. The Morgan fingerprint density at radius 1 is 1.11 bits per heavy atom. The maximum Gasteiger partial charge on any atom is 0.257 e. The summed E-state index contributed by atoms with van der Waals surface area (Å²) in [5, 5.41) is 6.18. The molecule has 1 saturated heterocycles. The van der Waals surface area contributed by atoms with Gasteiger partial charge in [-0.1, -0.05) is 0 Å². The SMILES string of the molecule is COc1ccc(NC(=O)c2cncc(NCCN3CCOCC3)c2)cc1OC. The van der Waals surface area contributed by atoms with E-state index in [0.717, 1.165) is 45.1 Å². The molecule has 2 N–H and O–H groups in total. The summed E-state index contributed by atoms with van der Waals surface area (Å²) >= 11 is 0. The molecule has 8 heteroatoms. The molecule has 0 atom stereocenters. The van der Waals surface area contributed by atoms with Gasteiger partial charge in [0, 0.05) is 50.3 Å². The van der Waals surface area contributed by atoms with Crippen LogP contribution in [0.2, 0.25) is 0 Å². The lowest BCUT2D eigenvalue weighted by atomic mass is 10.2. The monoisotopic (exact) mass is 386 g/mol. The third kappa shape index (κ3) is 5.34. The molecule has 1 aromatic carbocycles. The molecule has 1 aromatic heterocycles. The maximum absolute atomic E-state index is 12.6. The number of anilines is 2. The summed E-state index contributed by atoms with van der Waals surface area (Å²) in [7, 11) is 3.12. The molecule has 28 heavy (non-hydrogen) atoms. The first-order valence-electron chi connectivity index (χ1n) is 9.22. The van der Waals surface area contributed by atoms with Crippen LogP contribution in [-0.2, 0) is 4.74 Å².